The highest BCUT2D eigenvalue weighted by Gasteiger charge is 2.38. The van der Waals surface area contributed by atoms with Crippen LogP contribution < -0.4 is 10.7 Å². The SMILES string of the molecule is CCc1ccc2c(Cl)c(C(=O)NN=C(C)c3cccc(NC(=O)C(F)(F)F)c3)sc2c1. The molecule has 1 aromatic heterocycles. The van der Waals surface area contributed by atoms with Crippen LogP contribution in [0.3, 0.4) is 0 Å². The number of carbonyl (C=O) groups is 2. The van der Waals surface area contributed by atoms with Crippen LogP contribution in [0.1, 0.15) is 34.6 Å². The zero-order chi connectivity index (χ0) is 22.8. The number of amides is 2. The van der Waals surface area contributed by atoms with Gasteiger partial charge in [-0.25, -0.2) is 5.43 Å². The number of thiophene rings is 1. The fraction of sp³-hybridized carbons (Fsp3) is 0.190. The lowest BCUT2D eigenvalue weighted by Gasteiger charge is -2.09. The molecule has 2 N–H and O–H groups in total. The number of carbonyl (C=O) groups excluding carboxylic acids is 2. The van der Waals surface area contributed by atoms with Crippen molar-refractivity contribution < 1.29 is 22.8 Å². The van der Waals surface area contributed by atoms with Gasteiger partial charge in [-0.2, -0.15) is 18.3 Å². The number of alkyl halides is 3. The van der Waals surface area contributed by atoms with E-state index >= 15 is 0 Å². The number of hydrogen-bond acceptors (Lipinski definition) is 4. The number of halogens is 4. The van der Waals surface area contributed by atoms with Crippen LogP contribution in [0.4, 0.5) is 18.9 Å². The molecule has 0 fully saturated rings. The highest BCUT2D eigenvalue weighted by Crippen LogP contribution is 2.36. The van der Waals surface area contributed by atoms with Crippen LogP contribution in [-0.2, 0) is 11.2 Å². The van der Waals surface area contributed by atoms with Gasteiger partial charge >= 0.3 is 12.1 Å². The summed E-state index contributed by atoms with van der Waals surface area (Å²) < 4.78 is 38.2. The Hall–Kier alpha value is -2.91. The third-order valence-electron chi connectivity index (χ3n) is 4.43. The maximum Gasteiger partial charge on any atom is 0.471 e. The zero-order valence-electron chi connectivity index (χ0n) is 16.4. The second-order valence-corrected chi connectivity index (χ2v) is 8.03. The molecule has 0 bridgehead atoms. The quantitative estimate of drug-likeness (QED) is 0.369. The summed E-state index contributed by atoms with van der Waals surface area (Å²) in [6.07, 6.45) is -4.13. The van der Waals surface area contributed by atoms with Crippen molar-refractivity contribution in [1.29, 1.82) is 0 Å². The second kappa shape index (κ2) is 9.07. The standard InChI is InChI=1S/C21H17ClF3N3O2S/c1-3-12-7-8-15-16(9-12)31-18(17(15)22)19(29)28-27-11(2)13-5-4-6-14(10-13)26-20(30)21(23,24)25/h4-10H,3H2,1-2H3,(H,26,30)(H,28,29). The highest BCUT2D eigenvalue weighted by molar-refractivity contribution is 7.21. The van der Waals surface area contributed by atoms with Crippen LogP contribution in [0.15, 0.2) is 47.6 Å². The predicted molar refractivity (Wildman–Crippen MR) is 117 cm³/mol. The summed E-state index contributed by atoms with van der Waals surface area (Å²) >= 11 is 7.61. The Balaban J connectivity index is 1.77. The van der Waals surface area contributed by atoms with E-state index in [1.165, 1.54) is 29.5 Å². The van der Waals surface area contributed by atoms with E-state index in [9.17, 15) is 22.8 Å². The molecule has 0 unspecified atom stereocenters. The number of nitrogens with zero attached hydrogens (tertiary/aromatic N) is 1. The summed E-state index contributed by atoms with van der Waals surface area (Å²) in [7, 11) is 0. The minimum absolute atomic E-state index is 0.0417. The van der Waals surface area contributed by atoms with Crippen LogP contribution in [0, 0.1) is 0 Å². The fourth-order valence-corrected chi connectivity index (χ4v) is 4.22. The van der Waals surface area contributed by atoms with E-state index in [1.807, 2.05) is 25.1 Å². The Morgan fingerprint density at radius 1 is 1.16 bits per heavy atom. The third kappa shape index (κ3) is 5.23. The van der Waals surface area contributed by atoms with E-state index < -0.39 is 18.0 Å². The molecule has 162 valence electrons. The van der Waals surface area contributed by atoms with Gasteiger partial charge in [0.2, 0.25) is 0 Å². The Labute approximate surface area is 184 Å². The topological polar surface area (TPSA) is 70.6 Å². The van der Waals surface area contributed by atoms with E-state index in [-0.39, 0.29) is 5.69 Å². The normalized spacial score (nSPS) is 12.1. The molecule has 3 rings (SSSR count). The van der Waals surface area contributed by atoms with Gasteiger partial charge in [0, 0.05) is 15.8 Å². The maximum atomic E-state index is 12.6. The van der Waals surface area contributed by atoms with Crippen LogP contribution in [0.25, 0.3) is 10.1 Å². The van der Waals surface area contributed by atoms with Gasteiger partial charge in [0.15, 0.2) is 0 Å². The van der Waals surface area contributed by atoms with Crippen molar-refractivity contribution in [2.45, 2.75) is 26.4 Å². The summed E-state index contributed by atoms with van der Waals surface area (Å²) in [6.45, 7) is 3.61. The van der Waals surface area contributed by atoms with Crippen LogP contribution in [-0.4, -0.2) is 23.7 Å². The van der Waals surface area contributed by atoms with E-state index in [2.05, 4.69) is 10.5 Å². The van der Waals surface area contributed by atoms with Crippen molar-refractivity contribution in [3.8, 4) is 0 Å². The Morgan fingerprint density at radius 2 is 1.90 bits per heavy atom. The molecular formula is C21H17ClF3N3O2S. The molecule has 3 aromatic rings. The average Bonchev–Trinajstić information content (AvgIpc) is 3.07. The van der Waals surface area contributed by atoms with Gasteiger partial charge in [0.25, 0.3) is 5.91 Å². The Bertz CT molecular complexity index is 1190. The highest BCUT2D eigenvalue weighted by atomic mass is 35.5. The first kappa shape index (κ1) is 22.8. The van der Waals surface area contributed by atoms with E-state index in [4.69, 9.17) is 11.6 Å². The Kier molecular flexibility index (Phi) is 6.66. The van der Waals surface area contributed by atoms with Crippen molar-refractivity contribution >= 4 is 56.2 Å². The summed E-state index contributed by atoms with van der Waals surface area (Å²) in [5, 5.41) is 6.91. The van der Waals surface area contributed by atoms with Gasteiger partial charge in [-0.3, -0.25) is 9.59 Å². The zero-order valence-corrected chi connectivity index (χ0v) is 18.0. The van der Waals surface area contributed by atoms with Crippen molar-refractivity contribution in [2.24, 2.45) is 5.10 Å². The van der Waals surface area contributed by atoms with Crippen molar-refractivity contribution in [3.05, 3.63) is 63.5 Å². The molecule has 0 atom stereocenters. The second-order valence-electron chi connectivity index (χ2n) is 6.60. The summed E-state index contributed by atoms with van der Waals surface area (Å²) in [4.78, 5) is 24.0. The first-order valence-corrected chi connectivity index (χ1v) is 10.3. The number of hydrogen-bond donors (Lipinski definition) is 2. The number of nitrogens with one attached hydrogen (secondary N) is 2. The minimum Gasteiger partial charge on any atom is -0.318 e. The number of rotatable bonds is 5. The largest absolute Gasteiger partial charge is 0.471 e. The lowest BCUT2D eigenvalue weighted by molar-refractivity contribution is -0.167. The smallest absolute Gasteiger partial charge is 0.318 e. The summed E-state index contributed by atoms with van der Waals surface area (Å²) in [5.74, 6) is -2.57. The molecule has 0 aliphatic rings. The minimum atomic E-state index is -4.99. The van der Waals surface area contributed by atoms with Gasteiger partial charge in [-0.1, -0.05) is 42.8 Å². The van der Waals surface area contributed by atoms with Gasteiger partial charge in [0.1, 0.15) is 4.88 Å². The molecule has 0 saturated heterocycles. The van der Waals surface area contributed by atoms with E-state index in [1.54, 1.807) is 18.3 Å². The summed E-state index contributed by atoms with van der Waals surface area (Å²) in [6, 6.07) is 11.5. The molecule has 2 amide bonds. The van der Waals surface area contributed by atoms with Crippen molar-refractivity contribution in [3.63, 3.8) is 0 Å². The molecule has 31 heavy (non-hydrogen) atoms. The molecule has 0 aliphatic carbocycles. The molecular weight excluding hydrogens is 451 g/mol. The van der Waals surface area contributed by atoms with Crippen molar-refractivity contribution in [2.75, 3.05) is 5.32 Å². The molecule has 0 saturated carbocycles. The monoisotopic (exact) mass is 467 g/mol. The van der Waals surface area contributed by atoms with Gasteiger partial charge in [-0.15, -0.1) is 11.3 Å². The number of anilines is 1. The number of fused-ring (bicyclic) bond motifs is 1. The summed E-state index contributed by atoms with van der Waals surface area (Å²) in [5.41, 5.74) is 4.27. The van der Waals surface area contributed by atoms with E-state index in [0.29, 0.717) is 21.2 Å². The molecule has 2 aromatic carbocycles. The van der Waals surface area contributed by atoms with Crippen LogP contribution in [0.2, 0.25) is 5.02 Å². The lowest BCUT2D eigenvalue weighted by atomic mass is 10.1. The van der Waals surface area contributed by atoms with Crippen LogP contribution in [0.5, 0.6) is 0 Å². The fourth-order valence-electron chi connectivity index (χ4n) is 2.75. The molecule has 1 heterocycles. The first-order valence-electron chi connectivity index (χ1n) is 9.14. The predicted octanol–water partition coefficient (Wildman–Crippen LogP) is 5.77. The molecule has 0 spiro atoms. The van der Waals surface area contributed by atoms with Gasteiger partial charge in [0.05, 0.1) is 10.7 Å². The maximum absolute atomic E-state index is 12.6. The molecule has 0 radical (unpaired) electrons. The van der Waals surface area contributed by atoms with E-state index in [0.717, 1.165) is 22.1 Å². The van der Waals surface area contributed by atoms with Crippen LogP contribution >= 0.6 is 22.9 Å². The van der Waals surface area contributed by atoms with Gasteiger partial charge in [-0.05, 0) is 42.7 Å². The number of aryl methyl sites for hydroxylation is 1. The number of benzene rings is 2. The number of hydrazone groups is 1. The first-order chi connectivity index (χ1) is 14.6. The molecule has 0 aliphatic heterocycles. The average molecular weight is 468 g/mol. The Morgan fingerprint density at radius 3 is 2.58 bits per heavy atom. The van der Waals surface area contributed by atoms with Crippen molar-refractivity contribution in [1.82, 2.24) is 5.43 Å². The third-order valence-corrected chi connectivity index (χ3v) is 6.09. The van der Waals surface area contributed by atoms with Gasteiger partial charge < -0.3 is 5.32 Å². The molecule has 5 nitrogen and oxygen atoms in total. The lowest BCUT2D eigenvalue weighted by Crippen LogP contribution is -2.29. The molecule has 10 heteroatoms.